The second-order valence-electron chi connectivity index (χ2n) is 12.7. The van der Waals surface area contributed by atoms with Gasteiger partial charge in [0.2, 0.25) is 17.7 Å². The number of nitrogens with one attached hydrogen (secondary N) is 3. The van der Waals surface area contributed by atoms with Gasteiger partial charge in [-0.05, 0) is 54.2 Å². The standard InChI is InChI=1S/C37H41N5O9/c1-22(2)33(28-10-6-7-17-38-28)36(50)41-29(15-16-31(44)45)37(51)42-20-26(18-30(42)35(49)40-27(21-43)19-32(46)47)39-34(48)25-13-11-24(12-14-25)23-8-4-3-5-9-23/h3-14,17,21-22,26-27,29-30,33H,15-16,18-20H2,1-2H3,(H,39,48)(H,40,49)(H,41,50)(H,44,45)(H,46,47)/t26-,27-,29-,30-,33?/m0/s1. The number of carbonyl (C=O) groups is 7. The lowest BCUT2D eigenvalue weighted by molar-refractivity contribution is -0.144. The van der Waals surface area contributed by atoms with Crippen LogP contribution in [0.5, 0.6) is 0 Å². The van der Waals surface area contributed by atoms with Gasteiger partial charge in [-0.25, -0.2) is 0 Å². The molecule has 1 aliphatic heterocycles. The van der Waals surface area contributed by atoms with Gasteiger partial charge in [0.1, 0.15) is 18.4 Å². The van der Waals surface area contributed by atoms with E-state index in [0.717, 1.165) is 16.0 Å². The Balaban J connectivity index is 1.58. The second-order valence-corrected chi connectivity index (χ2v) is 12.7. The highest BCUT2D eigenvalue weighted by Gasteiger charge is 2.43. The summed E-state index contributed by atoms with van der Waals surface area (Å²) >= 11 is 0. The summed E-state index contributed by atoms with van der Waals surface area (Å²) in [6.45, 7) is 3.41. The van der Waals surface area contributed by atoms with Gasteiger partial charge in [0.25, 0.3) is 5.91 Å². The van der Waals surface area contributed by atoms with Crippen LogP contribution >= 0.6 is 0 Å². The second kappa shape index (κ2) is 17.7. The summed E-state index contributed by atoms with van der Waals surface area (Å²) in [5.74, 6) is -6.26. The van der Waals surface area contributed by atoms with Crippen LogP contribution in [0.15, 0.2) is 79.0 Å². The molecule has 51 heavy (non-hydrogen) atoms. The van der Waals surface area contributed by atoms with Crippen LogP contribution in [-0.2, 0) is 28.8 Å². The molecule has 0 spiro atoms. The summed E-state index contributed by atoms with van der Waals surface area (Å²) in [7, 11) is 0. The number of hydrogen-bond acceptors (Lipinski definition) is 8. The van der Waals surface area contributed by atoms with Crippen LogP contribution in [-0.4, -0.2) is 92.7 Å². The number of carboxylic acids is 2. The quantitative estimate of drug-likeness (QED) is 0.138. The molecule has 1 fully saturated rings. The third kappa shape index (κ3) is 10.3. The minimum Gasteiger partial charge on any atom is -0.481 e. The minimum absolute atomic E-state index is 0.105. The maximum atomic E-state index is 14.2. The van der Waals surface area contributed by atoms with Crippen LogP contribution in [0.25, 0.3) is 11.1 Å². The van der Waals surface area contributed by atoms with E-state index in [1.54, 1.807) is 56.3 Å². The maximum Gasteiger partial charge on any atom is 0.305 e. The summed E-state index contributed by atoms with van der Waals surface area (Å²) in [6.07, 6.45) is 0.204. The smallest absolute Gasteiger partial charge is 0.305 e. The number of aromatic nitrogens is 1. The van der Waals surface area contributed by atoms with Crippen LogP contribution in [0.3, 0.4) is 0 Å². The molecule has 1 saturated heterocycles. The first-order valence-electron chi connectivity index (χ1n) is 16.5. The average Bonchev–Trinajstić information content (AvgIpc) is 3.53. The number of carboxylic acid groups (broad SMARTS) is 2. The topological polar surface area (TPSA) is 212 Å². The summed E-state index contributed by atoms with van der Waals surface area (Å²) in [6, 6.07) is 16.7. The molecule has 0 saturated carbocycles. The molecular formula is C37H41N5O9. The van der Waals surface area contributed by atoms with Gasteiger partial charge >= 0.3 is 11.9 Å². The zero-order valence-electron chi connectivity index (χ0n) is 28.2. The number of rotatable bonds is 16. The Morgan fingerprint density at radius 3 is 2.14 bits per heavy atom. The molecule has 1 aromatic heterocycles. The molecule has 5 N–H and O–H groups in total. The van der Waals surface area contributed by atoms with Gasteiger partial charge in [-0.1, -0.05) is 62.4 Å². The third-order valence-electron chi connectivity index (χ3n) is 8.58. The normalized spacial score (nSPS) is 17.1. The summed E-state index contributed by atoms with van der Waals surface area (Å²) in [5.41, 5.74) is 2.63. The molecule has 0 radical (unpaired) electrons. The Labute approximate surface area is 294 Å². The van der Waals surface area contributed by atoms with Gasteiger partial charge in [0, 0.05) is 30.8 Å². The highest BCUT2D eigenvalue weighted by Crippen LogP contribution is 2.26. The van der Waals surface area contributed by atoms with E-state index in [0.29, 0.717) is 11.3 Å². The first-order valence-corrected chi connectivity index (χ1v) is 16.5. The SMILES string of the molecule is CC(C)C(C(=O)N[C@@H](CCC(=O)O)C(=O)N1C[C@@H](NC(=O)c2ccc(-c3ccccc3)cc2)C[C@H]1C(=O)N[C@H](C=O)CC(=O)O)c1ccccn1. The van der Waals surface area contributed by atoms with Crippen molar-refractivity contribution < 1.29 is 43.8 Å². The molecule has 4 amide bonds. The van der Waals surface area contributed by atoms with Crippen LogP contribution in [0, 0.1) is 5.92 Å². The molecule has 0 aliphatic carbocycles. The maximum absolute atomic E-state index is 14.2. The van der Waals surface area contributed by atoms with Gasteiger partial charge in [0.05, 0.1) is 24.1 Å². The molecule has 268 valence electrons. The van der Waals surface area contributed by atoms with Gasteiger partial charge in [-0.2, -0.15) is 0 Å². The lowest BCUT2D eigenvalue weighted by atomic mass is 9.90. The predicted octanol–water partition coefficient (Wildman–Crippen LogP) is 2.40. The molecule has 3 aromatic rings. The number of likely N-dealkylation sites (tertiary alicyclic amines) is 1. The molecule has 4 rings (SSSR count). The van der Waals surface area contributed by atoms with Crippen LogP contribution in [0.1, 0.15) is 61.5 Å². The summed E-state index contributed by atoms with van der Waals surface area (Å²) in [5, 5.41) is 26.5. The number of nitrogens with zero attached hydrogens (tertiary/aromatic N) is 2. The predicted molar refractivity (Wildman–Crippen MR) is 184 cm³/mol. The Morgan fingerprint density at radius 1 is 0.882 bits per heavy atom. The highest BCUT2D eigenvalue weighted by molar-refractivity contribution is 5.97. The minimum atomic E-state index is -1.39. The Morgan fingerprint density at radius 2 is 1.55 bits per heavy atom. The number of hydrogen-bond donors (Lipinski definition) is 5. The molecule has 1 aliphatic rings. The fourth-order valence-electron chi connectivity index (χ4n) is 6.07. The first-order chi connectivity index (χ1) is 24.4. The Kier molecular flexibility index (Phi) is 13.1. The average molecular weight is 700 g/mol. The van der Waals surface area contributed by atoms with E-state index in [-0.39, 0.29) is 31.6 Å². The van der Waals surface area contributed by atoms with E-state index in [1.165, 1.54) is 6.20 Å². The molecule has 0 bridgehead atoms. The van der Waals surface area contributed by atoms with Crippen molar-refractivity contribution in [3.05, 3.63) is 90.3 Å². The summed E-state index contributed by atoms with van der Waals surface area (Å²) in [4.78, 5) is 94.5. The van der Waals surface area contributed by atoms with Gasteiger partial charge in [-0.3, -0.25) is 33.8 Å². The monoisotopic (exact) mass is 699 g/mol. The van der Waals surface area contributed by atoms with E-state index in [2.05, 4.69) is 20.9 Å². The van der Waals surface area contributed by atoms with Crippen molar-refractivity contribution in [2.24, 2.45) is 5.92 Å². The van der Waals surface area contributed by atoms with Gasteiger partial charge in [-0.15, -0.1) is 0 Å². The Bertz CT molecular complexity index is 1720. The number of benzene rings is 2. The van der Waals surface area contributed by atoms with Crippen LogP contribution in [0.2, 0.25) is 0 Å². The third-order valence-corrected chi connectivity index (χ3v) is 8.58. The highest BCUT2D eigenvalue weighted by atomic mass is 16.4. The van der Waals surface area contributed by atoms with Crippen LogP contribution < -0.4 is 16.0 Å². The summed E-state index contributed by atoms with van der Waals surface area (Å²) < 4.78 is 0. The number of pyridine rings is 1. The van der Waals surface area contributed by atoms with Crippen LogP contribution in [0.4, 0.5) is 0 Å². The molecular weight excluding hydrogens is 658 g/mol. The van der Waals surface area contributed by atoms with E-state index in [1.807, 2.05) is 30.3 Å². The molecule has 14 heteroatoms. The zero-order valence-corrected chi connectivity index (χ0v) is 28.2. The fourth-order valence-corrected chi connectivity index (χ4v) is 6.07. The van der Waals surface area contributed by atoms with Crippen molar-refractivity contribution >= 4 is 41.9 Å². The van der Waals surface area contributed by atoms with Gasteiger partial charge in [0.15, 0.2) is 0 Å². The zero-order chi connectivity index (χ0) is 37.1. The number of aldehydes is 1. The van der Waals surface area contributed by atoms with Crippen molar-refractivity contribution in [2.75, 3.05) is 6.54 Å². The largest absolute Gasteiger partial charge is 0.481 e. The van der Waals surface area contributed by atoms with E-state index >= 15 is 0 Å². The molecule has 5 atom stereocenters. The molecule has 2 aromatic carbocycles. The van der Waals surface area contributed by atoms with Crippen molar-refractivity contribution in [3.8, 4) is 11.1 Å². The van der Waals surface area contributed by atoms with Crippen molar-refractivity contribution in [2.45, 2.75) is 69.6 Å². The van der Waals surface area contributed by atoms with E-state index in [4.69, 9.17) is 0 Å². The van der Waals surface area contributed by atoms with Crippen molar-refractivity contribution in [3.63, 3.8) is 0 Å². The lowest BCUT2D eigenvalue weighted by Gasteiger charge is -2.30. The number of carbonyl (C=O) groups excluding carboxylic acids is 5. The van der Waals surface area contributed by atoms with Crippen molar-refractivity contribution in [1.29, 1.82) is 0 Å². The molecule has 14 nitrogen and oxygen atoms in total. The van der Waals surface area contributed by atoms with Crippen molar-refractivity contribution in [1.82, 2.24) is 25.8 Å². The van der Waals surface area contributed by atoms with E-state index < -0.39 is 78.5 Å². The lowest BCUT2D eigenvalue weighted by Crippen LogP contribution is -2.55. The van der Waals surface area contributed by atoms with Gasteiger partial charge < -0.3 is 35.9 Å². The van der Waals surface area contributed by atoms with E-state index in [9.17, 15) is 43.8 Å². The number of amides is 4. The first kappa shape index (κ1) is 37.9. The number of aliphatic carboxylic acids is 2. The fraction of sp³-hybridized carbons (Fsp3) is 0.351. The molecule has 1 unspecified atom stereocenters. The Hall–Kier alpha value is -5.92. The molecule has 2 heterocycles.